The van der Waals surface area contributed by atoms with Gasteiger partial charge in [-0.05, 0) is 25.0 Å². The Balaban J connectivity index is 1.33. The summed E-state index contributed by atoms with van der Waals surface area (Å²) >= 11 is 1.64. The van der Waals surface area contributed by atoms with Crippen LogP contribution in [0, 0.1) is 5.41 Å². The highest BCUT2D eigenvalue weighted by atomic mass is 32.1. The fourth-order valence-electron chi connectivity index (χ4n) is 4.59. The molecule has 29 heavy (non-hydrogen) atoms. The number of aromatic nitrogens is 5. The molecule has 146 valence electrons. The van der Waals surface area contributed by atoms with E-state index in [-0.39, 0.29) is 0 Å². The van der Waals surface area contributed by atoms with Gasteiger partial charge in [0.1, 0.15) is 0 Å². The zero-order valence-corrected chi connectivity index (χ0v) is 16.7. The van der Waals surface area contributed by atoms with E-state index in [4.69, 9.17) is 0 Å². The summed E-state index contributed by atoms with van der Waals surface area (Å²) in [6.45, 7) is 4.39. The molecule has 0 bridgehead atoms. The van der Waals surface area contributed by atoms with E-state index in [2.05, 4.69) is 59.9 Å². The third-order valence-corrected chi connectivity index (χ3v) is 7.06. The number of hydrogen-bond acceptors (Lipinski definition) is 7. The number of aromatic amines is 1. The number of nitrogens with one attached hydrogen (secondary N) is 2. The Morgan fingerprint density at radius 3 is 2.76 bits per heavy atom. The molecule has 0 saturated carbocycles. The molecular formula is C21H21N7S. The van der Waals surface area contributed by atoms with Crippen LogP contribution in [0.1, 0.15) is 12.8 Å². The second-order valence-corrected chi connectivity index (χ2v) is 8.94. The van der Waals surface area contributed by atoms with Crippen molar-refractivity contribution in [3.05, 3.63) is 42.2 Å². The van der Waals surface area contributed by atoms with Crippen molar-refractivity contribution in [3.63, 3.8) is 0 Å². The molecule has 2 fully saturated rings. The lowest BCUT2D eigenvalue weighted by atomic mass is 9.75. The molecule has 3 aromatic heterocycles. The van der Waals surface area contributed by atoms with Crippen LogP contribution in [0.5, 0.6) is 0 Å². The van der Waals surface area contributed by atoms with E-state index in [0.717, 1.165) is 64.6 Å². The Morgan fingerprint density at radius 2 is 2.00 bits per heavy atom. The number of benzene rings is 1. The summed E-state index contributed by atoms with van der Waals surface area (Å²) < 4.78 is 1.13. The molecule has 2 aliphatic rings. The number of rotatable bonds is 3. The lowest BCUT2D eigenvalue weighted by Gasteiger charge is -2.49. The van der Waals surface area contributed by atoms with Crippen molar-refractivity contribution in [2.45, 2.75) is 12.8 Å². The Kier molecular flexibility index (Phi) is 3.88. The molecule has 0 radical (unpaired) electrons. The van der Waals surface area contributed by atoms with Gasteiger partial charge in [0.25, 0.3) is 0 Å². The second-order valence-electron chi connectivity index (χ2n) is 8.08. The fraction of sp³-hybridized carbons (Fsp3) is 0.333. The number of hydrogen-bond donors (Lipinski definition) is 2. The summed E-state index contributed by atoms with van der Waals surface area (Å²) in [5, 5.41) is 19.6. The summed E-state index contributed by atoms with van der Waals surface area (Å²) in [5.74, 6) is 0.982. The van der Waals surface area contributed by atoms with Crippen LogP contribution in [0.25, 0.3) is 32.6 Å². The monoisotopic (exact) mass is 403 g/mol. The predicted octanol–water partition coefficient (Wildman–Crippen LogP) is 3.33. The van der Waals surface area contributed by atoms with Gasteiger partial charge in [-0.3, -0.25) is 5.10 Å². The third kappa shape index (κ3) is 2.82. The number of fused-ring (bicyclic) bond motifs is 1. The summed E-state index contributed by atoms with van der Waals surface area (Å²) in [4.78, 5) is 6.99. The van der Waals surface area contributed by atoms with E-state index >= 15 is 0 Å². The molecular weight excluding hydrogens is 382 g/mol. The zero-order chi connectivity index (χ0) is 19.3. The van der Waals surface area contributed by atoms with Crippen molar-refractivity contribution in [2.75, 3.05) is 31.1 Å². The van der Waals surface area contributed by atoms with Crippen LogP contribution in [-0.2, 0) is 0 Å². The molecule has 0 atom stereocenters. The molecule has 4 aromatic rings. The number of anilines is 1. The van der Waals surface area contributed by atoms with E-state index in [1.807, 2.05) is 17.9 Å². The van der Waals surface area contributed by atoms with Crippen LogP contribution in [-0.4, -0.2) is 51.6 Å². The van der Waals surface area contributed by atoms with Gasteiger partial charge >= 0.3 is 0 Å². The maximum Gasteiger partial charge on any atom is 0.151 e. The Hall–Kier alpha value is -2.84. The zero-order valence-electron chi connectivity index (χ0n) is 15.9. The van der Waals surface area contributed by atoms with Gasteiger partial charge < -0.3 is 10.2 Å². The van der Waals surface area contributed by atoms with Crippen LogP contribution in [0.4, 0.5) is 5.82 Å². The fourth-order valence-corrected chi connectivity index (χ4v) is 5.43. The van der Waals surface area contributed by atoms with Crippen molar-refractivity contribution in [1.82, 2.24) is 30.7 Å². The summed E-state index contributed by atoms with van der Waals surface area (Å²) in [5.41, 5.74) is 7.39. The topological polar surface area (TPSA) is 82.6 Å². The molecule has 6 rings (SSSR count). The molecule has 5 heterocycles. The summed E-state index contributed by atoms with van der Waals surface area (Å²) in [6.07, 6.45) is 6.26. The third-order valence-electron chi connectivity index (χ3n) is 6.20. The number of nitrogens with zero attached hydrogens (tertiary/aromatic N) is 5. The predicted molar refractivity (Wildman–Crippen MR) is 115 cm³/mol. The van der Waals surface area contributed by atoms with Crippen LogP contribution in [0.15, 0.2) is 42.2 Å². The maximum atomic E-state index is 4.60. The van der Waals surface area contributed by atoms with Gasteiger partial charge in [0.05, 0.1) is 27.6 Å². The quantitative estimate of drug-likeness (QED) is 0.546. The molecule has 2 N–H and O–H groups in total. The van der Waals surface area contributed by atoms with Crippen LogP contribution < -0.4 is 10.2 Å². The Bertz CT molecular complexity index is 1150. The first-order valence-electron chi connectivity index (χ1n) is 9.97. The molecule has 0 amide bonds. The average Bonchev–Trinajstić information content (AvgIpc) is 3.44. The highest BCUT2D eigenvalue weighted by molar-refractivity contribution is 7.17. The molecule has 1 spiro atoms. The average molecular weight is 404 g/mol. The second kappa shape index (κ2) is 6.60. The van der Waals surface area contributed by atoms with Gasteiger partial charge in [0.2, 0.25) is 0 Å². The van der Waals surface area contributed by atoms with E-state index in [1.54, 1.807) is 11.3 Å². The highest BCUT2D eigenvalue weighted by Gasteiger charge is 2.40. The summed E-state index contributed by atoms with van der Waals surface area (Å²) in [6, 6.07) is 8.41. The van der Waals surface area contributed by atoms with Crippen molar-refractivity contribution in [2.24, 2.45) is 5.41 Å². The van der Waals surface area contributed by atoms with Gasteiger partial charge in [-0.1, -0.05) is 12.1 Å². The highest BCUT2D eigenvalue weighted by Crippen LogP contribution is 2.37. The molecule has 0 aliphatic carbocycles. The maximum absolute atomic E-state index is 4.60. The first kappa shape index (κ1) is 17.1. The number of H-pyrrole nitrogens is 1. The minimum absolute atomic E-state index is 0.441. The van der Waals surface area contributed by atoms with E-state index in [0.29, 0.717) is 5.41 Å². The van der Waals surface area contributed by atoms with Gasteiger partial charge in [-0.25, -0.2) is 4.98 Å². The minimum atomic E-state index is 0.441. The van der Waals surface area contributed by atoms with Crippen molar-refractivity contribution in [1.29, 1.82) is 0 Å². The van der Waals surface area contributed by atoms with Crippen LogP contribution in [0.3, 0.4) is 0 Å². The molecule has 2 aliphatic heterocycles. The standard InChI is InChI=1S/C21H21N7S/c1-6-21(10-22-11-21)12-28(7-1)18-5-4-17(26-27-18)16-3-2-15(14-8-24-25-9-14)19-20(16)29-13-23-19/h2-5,8-9,13,22H,1,6-7,10-12H2,(H,24,25). The van der Waals surface area contributed by atoms with Crippen LogP contribution in [0.2, 0.25) is 0 Å². The van der Waals surface area contributed by atoms with Crippen LogP contribution >= 0.6 is 11.3 Å². The SMILES string of the molecule is c1nc2c(-c3cn[nH]c3)ccc(-c3ccc(N4CCCC5(CNC5)C4)nn3)c2s1. The van der Waals surface area contributed by atoms with Gasteiger partial charge in [0, 0.05) is 54.5 Å². The lowest BCUT2D eigenvalue weighted by Crippen LogP contribution is -2.61. The largest absolute Gasteiger partial charge is 0.354 e. The van der Waals surface area contributed by atoms with E-state index < -0.39 is 0 Å². The normalized spacial score (nSPS) is 18.3. The first-order chi connectivity index (χ1) is 14.3. The number of thiazole rings is 1. The minimum Gasteiger partial charge on any atom is -0.354 e. The van der Waals surface area contributed by atoms with Crippen molar-refractivity contribution < 1.29 is 0 Å². The Labute approximate surface area is 172 Å². The van der Waals surface area contributed by atoms with Crippen molar-refractivity contribution >= 4 is 27.4 Å². The van der Waals surface area contributed by atoms with Gasteiger partial charge in [-0.15, -0.1) is 21.5 Å². The molecule has 0 unspecified atom stereocenters. The Morgan fingerprint density at radius 1 is 1.07 bits per heavy atom. The lowest BCUT2D eigenvalue weighted by molar-refractivity contribution is 0.138. The van der Waals surface area contributed by atoms with E-state index in [9.17, 15) is 0 Å². The van der Waals surface area contributed by atoms with Gasteiger partial charge in [-0.2, -0.15) is 5.10 Å². The summed E-state index contributed by atoms with van der Waals surface area (Å²) in [7, 11) is 0. The molecule has 2 saturated heterocycles. The van der Waals surface area contributed by atoms with E-state index in [1.165, 1.54) is 12.8 Å². The molecule has 1 aromatic carbocycles. The smallest absolute Gasteiger partial charge is 0.151 e. The van der Waals surface area contributed by atoms with Gasteiger partial charge in [0.15, 0.2) is 5.82 Å². The molecule has 7 nitrogen and oxygen atoms in total. The van der Waals surface area contributed by atoms with Crippen molar-refractivity contribution in [3.8, 4) is 22.4 Å². The number of piperidine rings is 1. The first-order valence-corrected chi connectivity index (χ1v) is 10.8. The molecule has 8 heteroatoms.